The maximum absolute atomic E-state index is 12.5. The molecule has 0 unspecified atom stereocenters. The van der Waals surface area contributed by atoms with Crippen molar-refractivity contribution in [2.24, 2.45) is 0 Å². The highest BCUT2D eigenvalue weighted by atomic mass is 16.2. The molecule has 0 atom stereocenters. The molecule has 4 aromatic rings. The van der Waals surface area contributed by atoms with Crippen LogP contribution in [0.15, 0.2) is 85.1 Å². The quantitative estimate of drug-likeness (QED) is 0.419. The summed E-state index contributed by atoms with van der Waals surface area (Å²) in [5, 5.41) is 10.4. The van der Waals surface area contributed by atoms with Crippen molar-refractivity contribution in [3.63, 3.8) is 0 Å². The molecule has 1 heterocycles. The third kappa shape index (κ3) is 5.98. The summed E-state index contributed by atoms with van der Waals surface area (Å²) in [7, 11) is 0. The molecule has 6 heteroatoms. The fourth-order valence-electron chi connectivity index (χ4n) is 3.91. The number of hydrogen-bond acceptors (Lipinski definition) is 3. The number of carbonyl (C=O) groups is 2. The zero-order valence-corrected chi connectivity index (χ0v) is 19.4. The number of aryl methyl sites for hydroxylation is 2. The van der Waals surface area contributed by atoms with E-state index in [1.807, 2.05) is 91.5 Å². The van der Waals surface area contributed by atoms with Gasteiger partial charge in [0.15, 0.2) is 0 Å². The molecule has 0 saturated heterocycles. The van der Waals surface area contributed by atoms with E-state index in [1.54, 1.807) is 0 Å². The Labute approximate surface area is 199 Å². The third-order valence-electron chi connectivity index (χ3n) is 5.44. The van der Waals surface area contributed by atoms with Crippen molar-refractivity contribution in [2.45, 2.75) is 26.9 Å². The van der Waals surface area contributed by atoms with Gasteiger partial charge in [0.05, 0.1) is 18.8 Å². The molecule has 0 aliphatic carbocycles. The predicted molar refractivity (Wildman–Crippen MR) is 133 cm³/mol. The molecule has 6 nitrogen and oxygen atoms in total. The van der Waals surface area contributed by atoms with Gasteiger partial charge in [0, 0.05) is 29.4 Å². The molecule has 0 saturated carbocycles. The highest BCUT2D eigenvalue weighted by Gasteiger charge is 2.14. The lowest BCUT2D eigenvalue weighted by Gasteiger charge is -2.08. The summed E-state index contributed by atoms with van der Waals surface area (Å²) in [6, 6.07) is 25.7. The van der Waals surface area contributed by atoms with Crippen molar-refractivity contribution in [1.29, 1.82) is 0 Å². The van der Waals surface area contributed by atoms with Crippen molar-refractivity contribution >= 4 is 11.8 Å². The molecule has 3 aromatic carbocycles. The molecule has 0 bridgehead atoms. The van der Waals surface area contributed by atoms with E-state index in [4.69, 9.17) is 5.10 Å². The lowest BCUT2D eigenvalue weighted by Crippen LogP contribution is -2.36. The van der Waals surface area contributed by atoms with E-state index in [1.165, 1.54) is 0 Å². The van der Waals surface area contributed by atoms with Gasteiger partial charge in [0.25, 0.3) is 5.91 Å². The van der Waals surface area contributed by atoms with Gasteiger partial charge in [-0.25, -0.2) is 0 Å². The Bertz CT molecular complexity index is 1260. The number of nitrogens with zero attached hydrogens (tertiary/aromatic N) is 2. The Morgan fingerprint density at radius 1 is 0.853 bits per heavy atom. The van der Waals surface area contributed by atoms with Gasteiger partial charge in [0.1, 0.15) is 0 Å². The Balaban J connectivity index is 1.41. The molecule has 172 valence electrons. The lowest BCUT2D eigenvalue weighted by atomic mass is 10.1. The molecule has 4 rings (SSSR count). The summed E-state index contributed by atoms with van der Waals surface area (Å²) in [5.74, 6) is -0.518. The topological polar surface area (TPSA) is 76.0 Å². The fraction of sp³-hybridized carbons (Fsp3) is 0.179. The number of rotatable bonds is 8. The zero-order valence-electron chi connectivity index (χ0n) is 19.4. The predicted octanol–water partition coefficient (Wildman–Crippen LogP) is 4.26. The van der Waals surface area contributed by atoms with E-state index in [0.29, 0.717) is 18.7 Å². The molecule has 0 spiro atoms. The minimum atomic E-state index is -0.261. The molecule has 2 amide bonds. The fourth-order valence-corrected chi connectivity index (χ4v) is 3.91. The number of hydrogen-bond donors (Lipinski definition) is 2. The van der Waals surface area contributed by atoms with E-state index in [0.717, 1.165) is 33.5 Å². The van der Waals surface area contributed by atoms with Gasteiger partial charge in [-0.15, -0.1) is 0 Å². The van der Waals surface area contributed by atoms with Crippen LogP contribution in [0, 0.1) is 13.8 Å². The first-order chi connectivity index (χ1) is 16.5. The van der Waals surface area contributed by atoms with Gasteiger partial charge in [-0.2, -0.15) is 5.10 Å². The minimum absolute atomic E-state index is 0.0926. The molecule has 0 aliphatic heterocycles. The zero-order chi connectivity index (χ0) is 23.9. The molecule has 2 N–H and O–H groups in total. The highest BCUT2D eigenvalue weighted by Crippen LogP contribution is 2.22. The smallest absolute Gasteiger partial charge is 0.251 e. The van der Waals surface area contributed by atoms with Crippen LogP contribution in [0.3, 0.4) is 0 Å². The normalized spacial score (nSPS) is 10.6. The van der Waals surface area contributed by atoms with E-state index < -0.39 is 0 Å². The van der Waals surface area contributed by atoms with Crippen LogP contribution >= 0.6 is 0 Å². The van der Waals surface area contributed by atoms with Crippen LogP contribution in [0.25, 0.3) is 11.3 Å². The first-order valence-corrected chi connectivity index (χ1v) is 11.3. The van der Waals surface area contributed by atoms with Crippen LogP contribution in [-0.4, -0.2) is 28.1 Å². The standard InChI is InChI=1S/C28H28N4O2/c1-20-13-21(2)15-24(14-20)28(34)30-17-26(33)29-16-25-19-32(18-22-9-5-3-6-10-22)31-27(25)23-11-7-4-8-12-23/h3-15,19H,16-18H2,1-2H3,(H,29,33)(H,30,34). The Hall–Kier alpha value is -4.19. The second-order valence-electron chi connectivity index (χ2n) is 8.39. The number of amides is 2. The first kappa shape index (κ1) is 23.0. The molecule has 0 radical (unpaired) electrons. The van der Waals surface area contributed by atoms with Gasteiger partial charge < -0.3 is 10.6 Å². The van der Waals surface area contributed by atoms with Gasteiger partial charge >= 0.3 is 0 Å². The summed E-state index contributed by atoms with van der Waals surface area (Å²) in [6.45, 7) is 4.75. The van der Waals surface area contributed by atoms with Crippen LogP contribution in [0.1, 0.15) is 32.6 Å². The molecule has 34 heavy (non-hydrogen) atoms. The lowest BCUT2D eigenvalue weighted by molar-refractivity contribution is -0.120. The summed E-state index contributed by atoms with van der Waals surface area (Å²) in [5.41, 5.74) is 6.45. The van der Waals surface area contributed by atoms with Crippen molar-refractivity contribution < 1.29 is 9.59 Å². The van der Waals surface area contributed by atoms with E-state index in [2.05, 4.69) is 22.8 Å². The monoisotopic (exact) mass is 452 g/mol. The van der Waals surface area contributed by atoms with Crippen LogP contribution in [0.5, 0.6) is 0 Å². The van der Waals surface area contributed by atoms with Gasteiger partial charge in [-0.3, -0.25) is 14.3 Å². The second kappa shape index (κ2) is 10.6. The average molecular weight is 453 g/mol. The van der Waals surface area contributed by atoms with Crippen LogP contribution in [0.4, 0.5) is 0 Å². The van der Waals surface area contributed by atoms with Crippen LogP contribution in [0.2, 0.25) is 0 Å². The first-order valence-electron chi connectivity index (χ1n) is 11.3. The van der Waals surface area contributed by atoms with Crippen molar-refractivity contribution in [3.05, 3.63) is 113 Å². The second-order valence-corrected chi connectivity index (χ2v) is 8.39. The third-order valence-corrected chi connectivity index (χ3v) is 5.44. The molecule has 0 fully saturated rings. The van der Waals surface area contributed by atoms with E-state index >= 15 is 0 Å². The minimum Gasteiger partial charge on any atom is -0.350 e. The van der Waals surface area contributed by atoms with E-state index in [-0.39, 0.29) is 18.4 Å². The summed E-state index contributed by atoms with van der Waals surface area (Å²) >= 11 is 0. The van der Waals surface area contributed by atoms with Gasteiger partial charge in [0.2, 0.25) is 5.91 Å². The van der Waals surface area contributed by atoms with Crippen molar-refractivity contribution in [1.82, 2.24) is 20.4 Å². The van der Waals surface area contributed by atoms with Crippen LogP contribution in [-0.2, 0) is 17.9 Å². The molecule has 0 aliphatic rings. The maximum Gasteiger partial charge on any atom is 0.251 e. The summed E-state index contributed by atoms with van der Waals surface area (Å²) in [4.78, 5) is 24.9. The number of aromatic nitrogens is 2. The van der Waals surface area contributed by atoms with E-state index in [9.17, 15) is 9.59 Å². The van der Waals surface area contributed by atoms with Crippen molar-refractivity contribution in [3.8, 4) is 11.3 Å². The summed E-state index contributed by atoms with van der Waals surface area (Å²) < 4.78 is 1.89. The number of carbonyl (C=O) groups excluding carboxylic acids is 2. The average Bonchev–Trinajstić information content (AvgIpc) is 3.24. The van der Waals surface area contributed by atoms with Crippen LogP contribution < -0.4 is 10.6 Å². The Morgan fingerprint density at radius 2 is 1.50 bits per heavy atom. The summed E-state index contributed by atoms with van der Waals surface area (Å²) in [6.07, 6.45) is 1.96. The molecule has 1 aromatic heterocycles. The SMILES string of the molecule is Cc1cc(C)cc(C(=O)NCC(=O)NCc2cn(Cc3ccccc3)nc2-c2ccccc2)c1. The largest absolute Gasteiger partial charge is 0.350 e. The highest BCUT2D eigenvalue weighted by molar-refractivity contribution is 5.96. The van der Waals surface area contributed by atoms with Crippen molar-refractivity contribution in [2.75, 3.05) is 6.54 Å². The molecular formula is C28H28N4O2. The van der Waals surface area contributed by atoms with Gasteiger partial charge in [-0.05, 0) is 31.5 Å². The Kier molecular flexibility index (Phi) is 7.18. The maximum atomic E-state index is 12.5. The number of benzene rings is 3. The van der Waals surface area contributed by atoms with Gasteiger partial charge in [-0.1, -0.05) is 77.9 Å². The molecular weight excluding hydrogens is 424 g/mol. The Morgan fingerprint density at radius 3 is 2.18 bits per heavy atom. The number of nitrogens with one attached hydrogen (secondary N) is 2.